The number of piperidine rings is 1. The van der Waals surface area contributed by atoms with Crippen LogP contribution in [-0.4, -0.2) is 44.1 Å². The number of nitrogens with one attached hydrogen (secondary N) is 1. The Kier molecular flexibility index (Phi) is 7.18. The van der Waals surface area contributed by atoms with E-state index in [0.717, 1.165) is 55.2 Å². The Morgan fingerprint density at radius 3 is 2.78 bits per heavy atom. The van der Waals surface area contributed by atoms with Crippen LogP contribution in [0.1, 0.15) is 31.2 Å². The van der Waals surface area contributed by atoms with Gasteiger partial charge in [0.15, 0.2) is 0 Å². The zero-order chi connectivity index (χ0) is 16.7. The highest BCUT2D eigenvalue weighted by Crippen LogP contribution is 2.21. The summed E-state index contributed by atoms with van der Waals surface area (Å²) >= 11 is 5.99. The van der Waals surface area contributed by atoms with Crippen molar-refractivity contribution in [3.8, 4) is 5.75 Å². The number of hydrogen-bond donors (Lipinski definition) is 1. The van der Waals surface area contributed by atoms with Crippen molar-refractivity contribution < 1.29 is 9.53 Å². The number of ether oxygens (including phenoxy) is 1. The number of rotatable bonds is 7. The maximum Gasteiger partial charge on any atom is 0.222 e. The number of halogens is 1. The Morgan fingerprint density at radius 1 is 1.39 bits per heavy atom. The van der Waals surface area contributed by atoms with Crippen LogP contribution in [0.25, 0.3) is 0 Å². The summed E-state index contributed by atoms with van der Waals surface area (Å²) in [6.45, 7) is 5.35. The van der Waals surface area contributed by atoms with Gasteiger partial charge in [0.2, 0.25) is 5.91 Å². The highest BCUT2D eigenvalue weighted by molar-refractivity contribution is 6.31. The van der Waals surface area contributed by atoms with Gasteiger partial charge < -0.3 is 15.0 Å². The van der Waals surface area contributed by atoms with Crippen LogP contribution in [0.4, 0.5) is 0 Å². The zero-order valence-electron chi connectivity index (χ0n) is 14.1. The van der Waals surface area contributed by atoms with Gasteiger partial charge in [-0.05, 0) is 69.5 Å². The average Bonchev–Trinajstić information content (AvgIpc) is 2.55. The lowest BCUT2D eigenvalue weighted by Crippen LogP contribution is -2.40. The normalized spacial score (nSPS) is 15.7. The first kappa shape index (κ1) is 18.1. The Labute approximate surface area is 144 Å². The average molecular weight is 339 g/mol. The van der Waals surface area contributed by atoms with E-state index in [0.29, 0.717) is 18.9 Å². The monoisotopic (exact) mass is 338 g/mol. The second-order valence-electron chi connectivity index (χ2n) is 6.24. The summed E-state index contributed by atoms with van der Waals surface area (Å²) in [5.41, 5.74) is 1.00. The molecule has 23 heavy (non-hydrogen) atoms. The lowest BCUT2D eigenvalue weighted by molar-refractivity contribution is -0.132. The molecule has 0 aromatic heterocycles. The van der Waals surface area contributed by atoms with Gasteiger partial charge in [0.25, 0.3) is 0 Å². The number of likely N-dealkylation sites (tertiary alicyclic amines) is 1. The van der Waals surface area contributed by atoms with Crippen molar-refractivity contribution in [1.29, 1.82) is 0 Å². The molecule has 1 aromatic rings. The molecule has 0 unspecified atom stereocenters. The largest absolute Gasteiger partial charge is 0.494 e. The minimum Gasteiger partial charge on any atom is -0.494 e. The number of carbonyl (C=O) groups is 1. The molecule has 1 aliphatic rings. The quantitative estimate of drug-likeness (QED) is 0.776. The summed E-state index contributed by atoms with van der Waals surface area (Å²) in [4.78, 5) is 14.2. The molecule has 1 fully saturated rings. The van der Waals surface area contributed by atoms with E-state index < -0.39 is 0 Å². The van der Waals surface area contributed by atoms with Crippen LogP contribution in [0, 0.1) is 12.8 Å². The van der Waals surface area contributed by atoms with Crippen LogP contribution in [0.3, 0.4) is 0 Å². The van der Waals surface area contributed by atoms with E-state index in [1.54, 1.807) is 0 Å². The molecule has 0 atom stereocenters. The number of benzene rings is 1. The summed E-state index contributed by atoms with van der Waals surface area (Å²) in [7, 11) is 1.99. The summed E-state index contributed by atoms with van der Waals surface area (Å²) in [5, 5.41) is 3.96. The maximum atomic E-state index is 12.2. The molecule has 0 bridgehead atoms. The lowest BCUT2D eigenvalue weighted by Gasteiger charge is -2.32. The van der Waals surface area contributed by atoms with Gasteiger partial charge in [-0.15, -0.1) is 0 Å². The second-order valence-corrected chi connectivity index (χ2v) is 6.65. The number of hydrogen-bond acceptors (Lipinski definition) is 3. The predicted molar refractivity (Wildman–Crippen MR) is 94.1 cm³/mol. The number of amides is 1. The van der Waals surface area contributed by atoms with Crippen molar-refractivity contribution in [1.82, 2.24) is 10.2 Å². The lowest BCUT2D eigenvalue weighted by atomic mass is 9.96. The fourth-order valence-corrected chi connectivity index (χ4v) is 3.07. The van der Waals surface area contributed by atoms with Crippen molar-refractivity contribution in [3.63, 3.8) is 0 Å². The van der Waals surface area contributed by atoms with Gasteiger partial charge >= 0.3 is 0 Å². The molecule has 1 amide bonds. The van der Waals surface area contributed by atoms with Crippen LogP contribution in [0.15, 0.2) is 18.2 Å². The molecule has 5 heteroatoms. The topological polar surface area (TPSA) is 41.6 Å². The fourth-order valence-electron chi connectivity index (χ4n) is 2.95. The molecule has 0 radical (unpaired) electrons. The standard InChI is InChI=1S/C18H27ClN2O2/c1-14-12-16(5-6-17(14)19)23-11-3-4-18(22)21-9-7-15(8-10-21)13-20-2/h5-6,12,15,20H,3-4,7-11,13H2,1-2H3. The Morgan fingerprint density at radius 2 is 2.13 bits per heavy atom. The molecule has 0 saturated carbocycles. The third-order valence-electron chi connectivity index (χ3n) is 4.39. The van der Waals surface area contributed by atoms with Crippen LogP contribution < -0.4 is 10.1 Å². The first-order chi connectivity index (χ1) is 11.1. The predicted octanol–water partition coefficient (Wildman–Crippen LogP) is 3.27. The maximum absolute atomic E-state index is 12.2. The molecule has 1 heterocycles. The highest BCUT2D eigenvalue weighted by atomic mass is 35.5. The van der Waals surface area contributed by atoms with Crippen molar-refractivity contribution in [2.75, 3.05) is 33.3 Å². The summed E-state index contributed by atoms with van der Waals surface area (Å²) in [6, 6.07) is 5.63. The van der Waals surface area contributed by atoms with E-state index in [2.05, 4.69) is 5.32 Å². The Balaban J connectivity index is 1.64. The van der Waals surface area contributed by atoms with Crippen molar-refractivity contribution in [2.45, 2.75) is 32.6 Å². The molecule has 0 spiro atoms. The van der Waals surface area contributed by atoms with E-state index in [1.165, 1.54) is 0 Å². The summed E-state index contributed by atoms with van der Waals surface area (Å²) in [6.07, 6.45) is 3.51. The molecule has 1 aliphatic heterocycles. The van der Waals surface area contributed by atoms with E-state index in [1.807, 2.05) is 37.1 Å². The van der Waals surface area contributed by atoms with Gasteiger partial charge in [-0.3, -0.25) is 4.79 Å². The van der Waals surface area contributed by atoms with Crippen LogP contribution in [-0.2, 0) is 4.79 Å². The first-order valence-electron chi connectivity index (χ1n) is 8.41. The number of nitrogens with zero attached hydrogens (tertiary/aromatic N) is 1. The smallest absolute Gasteiger partial charge is 0.222 e. The Bertz CT molecular complexity index is 514. The fraction of sp³-hybridized carbons (Fsp3) is 0.611. The van der Waals surface area contributed by atoms with Crippen molar-refractivity contribution in [3.05, 3.63) is 28.8 Å². The molecular formula is C18H27ClN2O2. The van der Waals surface area contributed by atoms with Gasteiger partial charge in [0.05, 0.1) is 6.61 Å². The number of aryl methyl sites for hydroxylation is 1. The Hall–Kier alpha value is -1.26. The van der Waals surface area contributed by atoms with Crippen LogP contribution in [0.5, 0.6) is 5.75 Å². The zero-order valence-corrected chi connectivity index (χ0v) is 14.9. The molecule has 0 aliphatic carbocycles. The van der Waals surface area contributed by atoms with Crippen LogP contribution >= 0.6 is 11.6 Å². The van der Waals surface area contributed by atoms with E-state index in [4.69, 9.17) is 16.3 Å². The first-order valence-corrected chi connectivity index (χ1v) is 8.79. The number of carbonyl (C=O) groups excluding carboxylic acids is 1. The van der Waals surface area contributed by atoms with Gasteiger partial charge in [0, 0.05) is 24.5 Å². The third kappa shape index (κ3) is 5.70. The molecular weight excluding hydrogens is 312 g/mol. The molecule has 1 aromatic carbocycles. The molecule has 128 valence electrons. The van der Waals surface area contributed by atoms with Gasteiger partial charge in [-0.25, -0.2) is 0 Å². The third-order valence-corrected chi connectivity index (χ3v) is 4.82. The van der Waals surface area contributed by atoms with Crippen LogP contribution in [0.2, 0.25) is 5.02 Å². The minimum absolute atomic E-state index is 0.254. The van der Waals surface area contributed by atoms with Crippen molar-refractivity contribution >= 4 is 17.5 Å². The second kappa shape index (κ2) is 9.14. The molecule has 2 rings (SSSR count). The highest BCUT2D eigenvalue weighted by Gasteiger charge is 2.21. The van der Waals surface area contributed by atoms with E-state index >= 15 is 0 Å². The SMILES string of the molecule is CNCC1CCN(C(=O)CCCOc2ccc(Cl)c(C)c2)CC1. The van der Waals surface area contributed by atoms with E-state index in [-0.39, 0.29) is 5.91 Å². The van der Waals surface area contributed by atoms with Gasteiger partial charge in [0.1, 0.15) is 5.75 Å². The minimum atomic E-state index is 0.254. The molecule has 1 N–H and O–H groups in total. The summed E-state index contributed by atoms with van der Waals surface area (Å²) < 4.78 is 5.69. The van der Waals surface area contributed by atoms with Gasteiger partial charge in [-0.2, -0.15) is 0 Å². The molecule has 4 nitrogen and oxygen atoms in total. The van der Waals surface area contributed by atoms with E-state index in [9.17, 15) is 4.79 Å². The summed E-state index contributed by atoms with van der Waals surface area (Å²) in [5.74, 6) is 1.77. The molecule has 1 saturated heterocycles. The van der Waals surface area contributed by atoms with Crippen molar-refractivity contribution in [2.24, 2.45) is 5.92 Å². The van der Waals surface area contributed by atoms with Gasteiger partial charge in [-0.1, -0.05) is 11.6 Å².